The molecule has 0 bridgehead atoms. The van der Waals surface area contributed by atoms with E-state index in [0.717, 1.165) is 11.1 Å². The molecular weight excluding hydrogens is 362 g/mol. The van der Waals surface area contributed by atoms with Crippen LogP contribution >= 0.6 is 11.6 Å². The maximum atomic E-state index is 12.0. The highest BCUT2D eigenvalue weighted by Crippen LogP contribution is 2.18. The molecule has 0 atom stereocenters. The summed E-state index contributed by atoms with van der Waals surface area (Å²) in [6.45, 7) is 0.669. The van der Waals surface area contributed by atoms with E-state index in [1.807, 2.05) is 42.5 Å². The van der Waals surface area contributed by atoms with Crippen LogP contribution in [0.2, 0.25) is 5.02 Å². The Bertz CT molecular complexity index is 953. The van der Waals surface area contributed by atoms with E-state index in [2.05, 4.69) is 10.4 Å². The standard InChI is InChI=1S/C21H20ClN3O2/c22-18-9-7-17(8-10-18)19-11-13-21(27)25(24-19)15-14-23-20(26)12-6-16-4-2-1-3-5-16/h1-5,7-11,13H,6,12,14-15H2,(H,23,26). The minimum atomic E-state index is -0.203. The number of amides is 1. The number of aryl methyl sites for hydroxylation is 1. The number of aromatic nitrogens is 2. The van der Waals surface area contributed by atoms with Crippen LogP contribution in [0.4, 0.5) is 0 Å². The maximum absolute atomic E-state index is 12.0. The molecule has 1 aromatic heterocycles. The lowest BCUT2D eigenvalue weighted by Crippen LogP contribution is -2.32. The SMILES string of the molecule is O=C(CCc1ccccc1)NCCn1nc(-c2ccc(Cl)cc2)ccc1=O. The Balaban J connectivity index is 1.54. The predicted molar refractivity (Wildman–Crippen MR) is 107 cm³/mol. The molecule has 1 amide bonds. The summed E-state index contributed by atoms with van der Waals surface area (Å²) in [6, 6.07) is 20.3. The number of hydrogen-bond donors (Lipinski definition) is 1. The average Bonchev–Trinajstić information content (AvgIpc) is 2.69. The van der Waals surface area contributed by atoms with Crippen LogP contribution in [0.15, 0.2) is 71.5 Å². The maximum Gasteiger partial charge on any atom is 0.266 e. The van der Waals surface area contributed by atoms with E-state index in [0.29, 0.717) is 36.6 Å². The highest BCUT2D eigenvalue weighted by atomic mass is 35.5. The van der Waals surface area contributed by atoms with Gasteiger partial charge in [-0.25, -0.2) is 4.68 Å². The normalized spacial score (nSPS) is 10.6. The van der Waals surface area contributed by atoms with Crippen molar-refractivity contribution in [2.24, 2.45) is 0 Å². The molecule has 0 unspecified atom stereocenters. The van der Waals surface area contributed by atoms with Gasteiger partial charge in [-0.2, -0.15) is 5.10 Å². The predicted octanol–water partition coefficient (Wildman–Crippen LogP) is 3.31. The van der Waals surface area contributed by atoms with Gasteiger partial charge in [-0.1, -0.05) is 54.1 Å². The van der Waals surface area contributed by atoms with Gasteiger partial charge in [0.25, 0.3) is 5.56 Å². The fraction of sp³-hybridized carbons (Fsp3) is 0.190. The summed E-state index contributed by atoms with van der Waals surface area (Å²) in [6.07, 6.45) is 1.11. The van der Waals surface area contributed by atoms with Crippen LogP contribution in [0.25, 0.3) is 11.3 Å². The average molecular weight is 382 g/mol. The first kappa shape index (κ1) is 18.9. The van der Waals surface area contributed by atoms with Gasteiger partial charge in [0, 0.05) is 29.6 Å². The molecule has 2 aromatic carbocycles. The van der Waals surface area contributed by atoms with E-state index < -0.39 is 0 Å². The first-order chi connectivity index (χ1) is 13.1. The van der Waals surface area contributed by atoms with Crippen molar-refractivity contribution in [1.82, 2.24) is 15.1 Å². The smallest absolute Gasteiger partial charge is 0.266 e. The molecule has 0 radical (unpaired) electrons. The second kappa shape index (κ2) is 9.14. The van der Waals surface area contributed by atoms with E-state index >= 15 is 0 Å². The summed E-state index contributed by atoms with van der Waals surface area (Å²) in [5.41, 5.74) is 2.48. The van der Waals surface area contributed by atoms with Crippen molar-refractivity contribution in [2.45, 2.75) is 19.4 Å². The Morgan fingerprint density at radius 1 is 1.00 bits per heavy atom. The molecule has 5 nitrogen and oxygen atoms in total. The van der Waals surface area contributed by atoms with E-state index in [-0.39, 0.29) is 11.5 Å². The molecule has 0 fully saturated rings. The molecule has 6 heteroatoms. The van der Waals surface area contributed by atoms with Gasteiger partial charge >= 0.3 is 0 Å². The van der Waals surface area contributed by atoms with Crippen molar-refractivity contribution in [1.29, 1.82) is 0 Å². The summed E-state index contributed by atoms with van der Waals surface area (Å²) in [7, 11) is 0. The van der Waals surface area contributed by atoms with E-state index in [4.69, 9.17) is 11.6 Å². The van der Waals surface area contributed by atoms with Crippen molar-refractivity contribution in [3.05, 3.63) is 87.7 Å². The summed E-state index contributed by atoms with van der Waals surface area (Å²) in [5.74, 6) is -0.0410. The Hall–Kier alpha value is -2.92. The largest absolute Gasteiger partial charge is 0.354 e. The zero-order valence-electron chi connectivity index (χ0n) is 14.8. The van der Waals surface area contributed by atoms with Crippen LogP contribution in [0, 0.1) is 0 Å². The second-order valence-corrected chi connectivity index (χ2v) is 6.56. The van der Waals surface area contributed by atoms with Gasteiger partial charge in [0.05, 0.1) is 12.2 Å². The zero-order valence-corrected chi connectivity index (χ0v) is 15.5. The van der Waals surface area contributed by atoms with Gasteiger partial charge in [-0.05, 0) is 30.2 Å². The molecule has 3 rings (SSSR count). The minimum absolute atomic E-state index is 0.0410. The van der Waals surface area contributed by atoms with Crippen LogP contribution in [0.1, 0.15) is 12.0 Å². The molecule has 3 aromatic rings. The Kier molecular flexibility index (Phi) is 6.39. The highest BCUT2D eigenvalue weighted by Gasteiger charge is 2.05. The topological polar surface area (TPSA) is 64.0 Å². The van der Waals surface area contributed by atoms with Crippen LogP contribution in [-0.2, 0) is 17.8 Å². The first-order valence-electron chi connectivity index (χ1n) is 8.76. The fourth-order valence-corrected chi connectivity index (χ4v) is 2.80. The van der Waals surface area contributed by atoms with Crippen LogP contribution < -0.4 is 10.9 Å². The third kappa shape index (κ3) is 5.53. The summed E-state index contributed by atoms with van der Waals surface area (Å²) in [4.78, 5) is 24.0. The molecule has 0 spiro atoms. The molecule has 0 aliphatic rings. The lowest BCUT2D eigenvalue weighted by molar-refractivity contribution is -0.121. The van der Waals surface area contributed by atoms with Crippen LogP contribution in [0.3, 0.4) is 0 Å². The van der Waals surface area contributed by atoms with Crippen molar-refractivity contribution in [3.8, 4) is 11.3 Å². The molecule has 27 heavy (non-hydrogen) atoms. The molecular formula is C21H20ClN3O2. The Morgan fingerprint density at radius 3 is 2.48 bits per heavy atom. The molecule has 0 saturated heterocycles. The first-order valence-corrected chi connectivity index (χ1v) is 9.14. The number of benzene rings is 2. The quantitative estimate of drug-likeness (QED) is 0.682. The number of halogens is 1. The molecule has 1 N–H and O–H groups in total. The molecule has 1 heterocycles. The number of nitrogens with zero attached hydrogens (tertiary/aromatic N) is 2. The van der Waals surface area contributed by atoms with E-state index in [9.17, 15) is 9.59 Å². The van der Waals surface area contributed by atoms with E-state index in [1.165, 1.54) is 10.7 Å². The van der Waals surface area contributed by atoms with E-state index in [1.54, 1.807) is 18.2 Å². The molecule has 0 aliphatic carbocycles. The zero-order chi connectivity index (χ0) is 19.1. The van der Waals surface area contributed by atoms with Gasteiger partial charge < -0.3 is 5.32 Å². The molecule has 138 valence electrons. The van der Waals surface area contributed by atoms with Crippen molar-refractivity contribution in [2.75, 3.05) is 6.54 Å². The molecule has 0 aliphatic heterocycles. The summed E-state index contributed by atoms with van der Waals surface area (Å²) < 4.78 is 1.36. The summed E-state index contributed by atoms with van der Waals surface area (Å²) in [5, 5.41) is 7.86. The highest BCUT2D eigenvalue weighted by molar-refractivity contribution is 6.30. The lowest BCUT2D eigenvalue weighted by Gasteiger charge is -2.09. The van der Waals surface area contributed by atoms with Crippen molar-refractivity contribution >= 4 is 17.5 Å². The van der Waals surface area contributed by atoms with Gasteiger partial charge in [0.2, 0.25) is 5.91 Å². The molecule has 0 saturated carbocycles. The number of carbonyl (C=O) groups is 1. The Morgan fingerprint density at radius 2 is 1.74 bits per heavy atom. The van der Waals surface area contributed by atoms with Crippen LogP contribution in [0.5, 0.6) is 0 Å². The number of carbonyl (C=O) groups excluding carboxylic acids is 1. The lowest BCUT2D eigenvalue weighted by atomic mass is 10.1. The second-order valence-electron chi connectivity index (χ2n) is 6.12. The monoisotopic (exact) mass is 381 g/mol. The van der Waals surface area contributed by atoms with Crippen molar-refractivity contribution < 1.29 is 4.79 Å². The summed E-state index contributed by atoms with van der Waals surface area (Å²) >= 11 is 5.90. The third-order valence-corrected chi connectivity index (χ3v) is 4.39. The minimum Gasteiger partial charge on any atom is -0.354 e. The van der Waals surface area contributed by atoms with Crippen LogP contribution in [-0.4, -0.2) is 22.2 Å². The number of hydrogen-bond acceptors (Lipinski definition) is 3. The Labute approximate surface area is 162 Å². The van der Waals surface area contributed by atoms with Gasteiger partial charge in [-0.3, -0.25) is 9.59 Å². The fourth-order valence-electron chi connectivity index (χ4n) is 2.68. The van der Waals surface area contributed by atoms with Gasteiger partial charge in [-0.15, -0.1) is 0 Å². The van der Waals surface area contributed by atoms with Crippen molar-refractivity contribution in [3.63, 3.8) is 0 Å². The van der Waals surface area contributed by atoms with Gasteiger partial charge in [0.1, 0.15) is 0 Å². The third-order valence-electron chi connectivity index (χ3n) is 4.14. The van der Waals surface area contributed by atoms with Gasteiger partial charge in [0.15, 0.2) is 0 Å². The number of rotatable bonds is 7. The number of nitrogens with one attached hydrogen (secondary N) is 1.